The first kappa shape index (κ1) is 20.1. The third-order valence-electron chi connectivity index (χ3n) is 2.34. The molecule has 0 aromatic rings. The van der Waals surface area contributed by atoms with E-state index in [0.717, 1.165) is 0 Å². The molecule has 0 radical (unpaired) electrons. The van der Waals surface area contributed by atoms with Gasteiger partial charge in [0.05, 0.1) is 0 Å². The van der Waals surface area contributed by atoms with Crippen LogP contribution in [0, 0.1) is 0 Å². The molecule has 0 aliphatic rings. The van der Waals surface area contributed by atoms with Gasteiger partial charge in [0.1, 0.15) is 0 Å². The van der Waals surface area contributed by atoms with Crippen LogP contribution in [0.15, 0.2) is 0 Å². The van der Waals surface area contributed by atoms with Crippen LogP contribution in [0.5, 0.6) is 0 Å². The molecule has 18 heavy (non-hydrogen) atoms. The lowest BCUT2D eigenvalue weighted by molar-refractivity contribution is 0.707. The average Bonchev–Trinajstić information content (AvgIpc) is 2.39. The first-order valence-corrected chi connectivity index (χ1v) is 14.6. The van der Waals surface area contributed by atoms with E-state index in [1.54, 1.807) is 0 Å². The van der Waals surface area contributed by atoms with Crippen LogP contribution in [0.2, 0.25) is 0 Å². The molecule has 0 atom stereocenters. The van der Waals surface area contributed by atoms with Crippen molar-refractivity contribution < 1.29 is 0 Å². The maximum Gasteiger partial charge on any atom is 0.00454 e. The van der Waals surface area contributed by atoms with Gasteiger partial charge in [-0.25, -0.2) is 0 Å². The highest BCUT2D eigenvalue weighted by molar-refractivity contribution is 9.41. The monoisotopic (exact) mass is 362 g/mol. The lowest BCUT2D eigenvalue weighted by atomic mass is 10.2. The Morgan fingerprint density at radius 2 is 0.944 bits per heavy atom. The van der Waals surface area contributed by atoms with Gasteiger partial charge in [-0.05, 0) is 52.1 Å². The first-order valence-electron chi connectivity index (χ1n) is 6.82. The van der Waals surface area contributed by atoms with Gasteiger partial charge in [0.2, 0.25) is 0 Å². The molecule has 0 saturated carbocycles. The standard InChI is InChI=1S/C12H26S6/c1-3-5-7-9-11-13-15-17-18-16-14-12-10-8-6-4-2/h3-12H2,1-2H3. The van der Waals surface area contributed by atoms with Crippen molar-refractivity contribution in [2.75, 3.05) is 11.5 Å². The Bertz CT molecular complexity index is 129. The SMILES string of the molecule is CCCCCCSSSSSSCCCCCC. The second-order valence-electron chi connectivity index (χ2n) is 4.04. The molecule has 0 aromatic heterocycles. The zero-order valence-electron chi connectivity index (χ0n) is 11.5. The lowest BCUT2D eigenvalue weighted by Crippen LogP contribution is -1.77. The van der Waals surface area contributed by atoms with Crippen molar-refractivity contribution in [3.63, 3.8) is 0 Å². The van der Waals surface area contributed by atoms with E-state index in [4.69, 9.17) is 0 Å². The van der Waals surface area contributed by atoms with E-state index in [-0.39, 0.29) is 0 Å². The molecule has 0 heterocycles. The predicted octanol–water partition coefficient (Wildman–Crippen LogP) is 8.12. The fourth-order valence-electron chi connectivity index (χ4n) is 1.31. The van der Waals surface area contributed by atoms with Crippen LogP contribution < -0.4 is 0 Å². The first-order chi connectivity index (χ1) is 8.91. The quantitative estimate of drug-likeness (QED) is 0.211. The normalized spacial score (nSPS) is 11.0. The third-order valence-corrected chi connectivity index (χ3v) is 13.4. The zero-order valence-corrected chi connectivity index (χ0v) is 16.4. The fourth-order valence-corrected chi connectivity index (χ4v) is 13.1. The molecule has 0 aliphatic heterocycles. The highest BCUT2D eigenvalue weighted by Crippen LogP contribution is 2.52. The molecule has 0 nitrogen and oxygen atoms in total. The summed E-state index contributed by atoms with van der Waals surface area (Å²) in [4.78, 5) is 0. The summed E-state index contributed by atoms with van der Waals surface area (Å²) in [6.07, 6.45) is 11.1. The second kappa shape index (κ2) is 19.1. The Hall–Kier alpha value is 2.10. The Kier molecular flexibility index (Phi) is 21.3. The number of rotatable bonds is 15. The largest absolute Gasteiger partial charge is 0.0817 e. The molecule has 0 fully saturated rings. The molecule has 0 N–H and O–H groups in total. The van der Waals surface area contributed by atoms with Crippen LogP contribution in [-0.4, -0.2) is 11.5 Å². The van der Waals surface area contributed by atoms with Crippen LogP contribution in [0.25, 0.3) is 0 Å². The topological polar surface area (TPSA) is 0 Å². The summed E-state index contributed by atoms with van der Waals surface area (Å²) in [6.45, 7) is 4.54. The number of unbranched alkanes of at least 4 members (excludes halogenated alkanes) is 6. The van der Waals surface area contributed by atoms with Crippen molar-refractivity contribution in [1.82, 2.24) is 0 Å². The summed E-state index contributed by atoms with van der Waals surface area (Å²) in [5.74, 6) is 2.63. The molecule has 0 unspecified atom stereocenters. The summed E-state index contributed by atoms with van der Waals surface area (Å²) >= 11 is 0. The van der Waals surface area contributed by atoms with Gasteiger partial charge in [0.25, 0.3) is 0 Å². The molecule has 0 amide bonds. The zero-order chi connectivity index (χ0) is 13.3. The molecule has 110 valence electrons. The van der Waals surface area contributed by atoms with Gasteiger partial charge in [-0.15, -0.1) is 0 Å². The fraction of sp³-hybridized carbons (Fsp3) is 1.00. The van der Waals surface area contributed by atoms with E-state index in [0.29, 0.717) is 0 Å². The number of hydrogen-bond acceptors (Lipinski definition) is 6. The number of hydrogen-bond donors (Lipinski definition) is 0. The van der Waals surface area contributed by atoms with Gasteiger partial charge in [-0.2, -0.15) is 0 Å². The van der Waals surface area contributed by atoms with E-state index in [9.17, 15) is 0 Å². The smallest absolute Gasteiger partial charge is 0.00454 e. The van der Waals surface area contributed by atoms with Crippen LogP contribution in [0.3, 0.4) is 0 Å². The minimum absolute atomic E-state index is 1.31. The van der Waals surface area contributed by atoms with E-state index in [1.165, 1.54) is 62.9 Å². The van der Waals surface area contributed by atoms with Crippen molar-refractivity contribution in [3.05, 3.63) is 0 Å². The third kappa shape index (κ3) is 18.1. The molecular weight excluding hydrogens is 337 g/mol. The molecule has 0 aromatic carbocycles. The van der Waals surface area contributed by atoms with Gasteiger partial charge in [-0.3, -0.25) is 0 Å². The lowest BCUT2D eigenvalue weighted by Gasteiger charge is -2.00. The van der Waals surface area contributed by atoms with Crippen LogP contribution in [-0.2, 0) is 0 Å². The van der Waals surface area contributed by atoms with Crippen LogP contribution >= 0.6 is 60.9 Å². The Morgan fingerprint density at radius 3 is 1.33 bits per heavy atom. The van der Waals surface area contributed by atoms with Crippen molar-refractivity contribution in [1.29, 1.82) is 0 Å². The summed E-state index contributed by atoms with van der Waals surface area (Å²) in [5.41, 5.74) is 0. The maximum atomic E-state index is 2.27. The van der Waals surface area contributed by atoms with Gasteiger partial charge >= 0.3 is 0 Å². The van der Waals surface area contributed by atoms with E-state index in [1.807, 2.05) is 60.9 Å². The molecule has 0 aliphatic carbocycles. The summed E-state index contributed by atoms with van der Waals surface area (Å²) < 4.78 is 0. The van der Waals surface area contributed by atoms with Gasteiger partial charge in [0, 0.05) is 11.5 Å². The molecule has 0 spiro atoms. The Morgan fingerprint density at radius 1 is 0.500 bits per heavy atom. The van der Waals surface area contributed by atoms with E-state index < -0.39 is 0 Å². The van der Waals surface area contributed by atoms with Crippen molar-refractivity contribution in [3.8, 4) is 0 Å². The molecule has 0 rings (SSSR count). The van der Waals surface area contributed by atoms with Gasteiger partial charge in [0.15, 0.2) is 0 Å². The molecular formula is C12H26S6. The second-order valence-corrected chi connectivity index (χ2v) is 13.8. The minimum Gasteiger partial charge on any atom is -0.0817 e. The molecule has 0 bridgehead atoms. The summed E-state index contributed by atoms with van der Waals surface area (Å²) in [7, 11) is 11.8. The summed E-state index contributed by atoms with van der Waals surface area (Å²) in [5, 5.41) is 0. The molecule has 0 saturated heterocycles. The van der Waals surface area contributed by atoms with Gasteiger partial charge in [-0.1, -0.05) is 74.0 Å². The predicted molar refractivity (Wildman–Crippen MR) is 104 cm³/mol. The van der Waals surface area contributed by atoms with Crippen molar-refractivity contribution >= 4 is 60.9 Å². The van der Waals surface area contributed by atoms with Gasteiger partial charge < -0.3 is 0 Å². The highest BCUT2D eigenvalue weighted by atomic mass is 33.9. The highest BCUT2D eigenvalue weighted by Gasteiger charge is 1.96. The van der Waals surface area contributed by atoms with E-state index in [2.05, 4.69) is 13.8 Å². The summed E-state index contributed by atoms with van der Waals surface area (Å²) in [6, 6.07) is 0. The minimum atomic E-state index is 1.31. The Balaban J connectivity index is 2.86. The Labute approximate surface area is 136 Å². The van der Waals surface area contributed by atoms with Crippen LogP contribution in [0.4, 0.5) is 0 Å². The maximum absolute atomic E-state index is 2.27. The van der Waals surface area contributed by atoms with Crippen molar-refractivity contribution in [2.24, 2.45) is 0 Å². The van der Waals surface area contributed by atoms with E-state index >= 15 is 0 Å². The van der Waals surface area contributed by atoms with Crippen molar-refractivity contribution in [2.45, 2.75) is 65.2 Å². The average molecular weight is 363 g/mol. The van der Waals surface area contributed by atoms with Crippen LogP contribution in [0.1, 0.15) is 65.2 Å². The molecule has 6 heteroatoms.